The van der Waals surface area contributed by atoms with Crippen LogP contribution in [0.4, 0.5) is 0 Å². The summed E-state index contributed by atoms with van der Waals surface area (Å²) in [6, 6.07) is -4.53. The van der Waals surface area contributed by atoms with Crippen molar-refractivity contribution >= 4 is 29.5 Å². The Morgan fingerprint density at radius 2 is 1.49 bits per heavy atom. The largest absolute Gasteiger partial charge is 0.377 e. The summed E-state index contributed by atoms with van der Waals surface area (Å²) in [4.78, 5) is 72.3. The summed E-state index contributed by atoms with van der Waals surface area (Å²) in [6.45, 7) is 6.26. The highest BCUT2D eigenvalue weighted by atomic mass is 16.5. The standard InChI is InChI=1S/C42H73N7O8/c1-5-11-34-39(52)48-36(29-12-8-6-7-9-13-29)40(53)46-32(23-44)37(50)47-33(25-56-30-14-17-55-31(19-30)22-43)38(51)45-26(2)24-57-35(27(3)41(54)49(34)4)18-28-20-42(21-28)15-10-16-42/h26-36H,5-25,43-44H2,1-4H3,(H,45,51)(H,46,53)(H,47,50)(H,48,52)/t26-,27+,30-,31+,32-,33-,34-,35+,36-/m0/s1. The predicted molar refractivity (Wildman–Crippen MR) is 215 cm³/mol. The first kappa shape index (κ1) is 45.2. The summed E-state index contributed by atoms with van der Waals surface area (Å²) in [5.41, 5.74) is 12.4. The molecule has 1 spiro atoms. The van der Waals surface area contributed by atoms with E-state index in [2.05, 4.69) is 21.3 Å². The summed E-state index contributed by atoms with van der Waals surface area (Å²) < 4.78 is 18.4. The molecule has 57 heavy (non-hydrogen) atoms. The van der Waals surface area contributed by atoms with Crippen molar-refractivity contribution in [2.75, 3.05) is 40.0 Å². The van der Waals surface area contributed by atoms with E-state index in [0.29, 0.717) is 56.6 Å². The zero-order valence-electron chi connectivity index (χ0n) is 35.1. The number of rotatable bonds is 10. The van der Waals surface area contributed by atoms with Crippen molar-refractivity contribution in [2.45, 2.75) is 172 Å². The predicted octanol–water partition coefficient (Wildman–Crippen LogP) is 2.03. The average Bonchev–Trinajstić information content (AvgIpc) is 3.46. The van der Waals surface area contributed by atoms with Gasteiger partial charge in [0.05, 0.1) is 37.4 Å². The smallest absolute Gasteiger partial charge is 0.245 e. The Hall–Kier alpha value is -2.85. The Labute approximate surface area is 339 Å². The number of nitrogens with two attached hydrogens (primary N) is 2. The lowest BCUT2D eigenvalue weighted by Crippen LogP contribution is -2.62. The molecule has 3 aliphatic carbocycles. The molecule has 0 aromatic rings. The van der Waals surface area contributed by atoms with Gasteiger partial charge < -0.3 is 51.8 Å². The number of nitrogens with one attached hydrogen (secondary N) is 4. The number of hydrogen-bond donors (Lipinski definition) is 6. The van der Waals surface area contributed by atoms with Crippen LogP contribution in [-0.4, -0.2) is 123 Å². The van der Waals surface area contributed by atoms with Crippen LogP contribution in [0.2, 0.25) is 0 Å². The van der Waals surface area contributed by atoms with Gasteiger partial charge in [0.1, 0.15) is 24.2 Å². The van der Waals surface area contributed by atoms with Gasteiger partial charge in [-0.05, 0) is 82.0 Å². The van der Waals surface area contributed by atoms with Gasteiger partial charge in [-0.3, -0.25) is 24.0 Å². The summed E-state index contributed by atoms with van der Waals surface area (Å²) in [5.74, 6) is -2.52. The van der Waals surface area contributed by atoms with Crippen molar-refractivity contribution in [3.63, 3.8) is 0 Å². The normalized spacial score (nSPS) is 34.7. The molecule has 2 aliphatic heterocycles. The maximum atomic E-state index is 14.4. The molecule has 3 saturated carbocycles. The second-order valence-electron chi connectivity index (χ2n) is 18.0. The van der Waals surface area contributed by atoms with Crippen LogP contribution >= 0.6 is 0 Å². The Balaban J connectivity index is 1.42. The third kappa shape index (κ3) is 12.1. The molecule has 15 nitrogen and oxygen atoms in total. The van der Waals surface area contributed by atoms with E-state index >= 15 is 0 Å². The highest BCUT2D eigenvalue weighted by molar-refractivity contribution is 5.96. The monoisotopic (exact) mass is 804 g/mol. The lowest BCUT2D eigenvalue weighted by atomic mass is 9.51. The van der Waals surface area contributed by atoms with E-state index in [0.717, 1.165) is 51.4 Å². The van der Waals surface area contributed by atoms with Gasteiger partial charge in [-0.25, -0.2) is 0 Å². The van der Waals surface area contributed by atoms with Crippen molar-refractivity contribution in [1.82, 2.24) is 26.2 Å². The molecule has 0 unspecified atom stereocenters. The quantitative estimate of drug-likeness (QED) is 0.177. The molecule has 5 amide bonds. The van der Waals surface area contributed by atoms with E-state index in [-0.39, 0.29) is 43.8 Å². The second-order valence-corrected chi connectivity index (χ2v) is 18.0. The van der Waals surface area contributed by atoms with Crippen LogP contribution in [0.5, 0.6) is 0 Å². The lowest BCUT2D eigenvalue weighted by Gasteiger charge is -2.55. The third-order valence-corrected chi connectivity index (χ3v) is 13.5. The lowest BCUT2D eigenvalue weighted by molar-refractivity contribution is -0.148. The van der Waals surface area contributed by atoms with E-state index in [4.69, 9.17) is 25.7 Å². The summed E-state index contributed by atoms with van der Waals surface area (Å²) in [7, 11) is 1.67. The van der Waals surface area contributed by atoms with E-state index in [1.165, 1.54) is 24.2 Å². The Bertz CT molecular complexity index is 1350. The SMILES string of the molecule is CCC[C@H]1C(=O)N[C@@H](C2CCCCCC2)C(=O)N[C@@H](CN)C(=O)N[C@@H](CO[C@H]2CCO[C@@H](CN)C2)C(=O)N[C@@H](C)CO[C@H](CC2CC3(CCC3)C2)[C@@H](C)C(=O)N1C. The van der Waals surface area contributed by atoms with E-state index in [9.17, 15) is 24.0 Å². The number of ether oxygens (including phenoxy) is 3. The van der Waals surface area contributed by atoms with Crippen molar-refractivity contribution < 1.29 is 38.2 Å². The van der Waals surface area contributed by atoms with Crippen LogP contribution in [0, 0.1) is 23.2 Å². The van der Waals surface area contributed by atoms with Gasteiger partial charge in [-0.2, -0.15) is 0 Å². The third-order valence-electron chi connectivity index (χ3n) is 13.5. The molecule has 0 aromatic carbocycles. The highest BCUT2D eigenvalue weighted by Gasteiger charge is 2.49. The molecule has 324 valence electrons. The Kier molecular flexibility index (Phi) is 17.0. The second kappa shape index (κ2) is 21.4. The van der Waals surface area contributed by atoms with Gasteiger partial charge in [0.15, 0.2) is 0 Å². The fraction of sp³-hybridized carbons (Fsp3) is 0.881. The van der Waals surface area contributed by atoms with Crippen molar-refractivity contribution in [3.8, 4) is 0 Å². The first-order valence-corrected chi connectivity index (χ1v) is 22.1. The van der Waals surface area contributed by atoms with Crippen molar-refractivity contribution in [3.05, 3.63) is 0 Å². The summed E-state index contributed by atoms with van der Waals surface area (Å²) in [5, 5.41) is 11.7. The van der Waals surface area contributed by atoms with Crippen LogP contribution < -0.4 is 32.7 Å². The number of carbonyl (C=O) groups excluding carboxylic acids is 5. The van der Waals surface area contributed by atoms with Crippen LogP contribution in [0.3, 0.4) is 0 Å². The molecule has 0 radical (unpaired) electrons. The Morgan fingerprint density at radius 1 is 0.807 bits per heavy atom. The first-order valence-electron chi connectivity index (χ1n) is 22.1. The average molecular weight is 804 g/mol. The Morgan fingerprint density at radius 3 is 2.12 bits per heavy atom. The number of amides is 5. The number of hydrogen-bond acceptors (Lipinski definition) is 10. The van der Waals surface area contributed by atoms with Crippen LogP contribution in [0.1, 0.15) is 124 Å². The summed E-state index contributed by atoms with van der Waals surface area (Å²) >= 11 is 0. The zero-order valence-corrected chi connectivity index (χ0v) is 35.1. The van der Waals surface area contributed by atoms with Crippen LogP contribution in [0.15, 0.2) is 0 Å². The minimum absolute atomic E-state index is 0.123. The van der Waals surface area contributed by atoms with E-state index < -0.39 is 65.9 Å². The van der Waals surface area contributed by atoms with Gasteiger partial charge in [0.2, 0.25) is 29.5 Å². The van der Waals surface area contributed by atoms with Crippen molar-refractivity contribution in [2.24, 2.45) is 34.6 Å². The van der Waals surface area contributed by atoms with Gasteiger partial charge in [-0.1, -0.05) is 52.4 Å². The first-order chi connectivity index (χ1) is 27.4. The number of likely N-dealkylation sites (N-methyl/N-ethyl adjacent to an activating group) is 1. The molecular weight excluding hydrogens is 731 g/mol. The highest BCUT2D eigenvalue weighted by Crippen LogP contribution is 2.60. The number of nitrogens with zero attached hydrogens (tertiary/aromatic N) is 1. The van der Waals surface area contributed by atoms with Gasteiger partial charge in [0, 0.05) is 39.2 Å². The topological polar surface area (TPSA) is 216 Å². The molecule has 15 heteroatoms. The van der Waals surface area contributed by atoms with E-state index in [1.807, 2.05) is 20.8 Å². The molecule has 5 aliphatic rings. The van der Waals surface area contributed by atoms with Gasteiger partial charge >= 0.3 is 0 Å². The molecule has 0 bridgehead atoms. The summed E-state index contributed by atoms with van der Waals surface area (Å²) in [6.07, 6.45) is 13.6. The molecule has 0 aromatic heterocycles. The molecule has 2 saturated heterocycles. The van der Waals surface area contributed by atoms with Gasteiger partial charge in [0.25, 0.3) is 0 Å². The van der Waals surface area contributed by atoms with Crippen LogP contribution in [0.25, 0.3) is 0 Å². The van der Waals surface area contributed by atoms with Gasteiger partial charge in [-0.15, -0.1) is 0 Å². The van der Waals surface area contributed by atoms with Crippen molar-refractivity contribution in [1.29, 1.82) is 0 Å². The van der Waals surface area contributed by atoms with E-state index in [1.54, 1.807) is 7.05 Å². The maximum Gasteiger partial charge on any atom is 0.245 e. The fourth-order valence-corrected chi connectivity index (χ4v) is 9.86. The zero-order chi connectivity index (χ0) is 41.1. The molecule has 5 rings (SSSR count). The molecule has 8 N–H and O–H groups in total. The molecule has 2 heterocycles. The number of carbonyl (C=O) groups is 5. The fourth-order valence-electron chi connectivity index (χ4n) is 9.86. The molecular formula is C42H73N7O8. The van der Waals surface area contributed by atoms with Crippen LogP contribution in [-0.2, 0) is 38.2 Å². The minimum Gasteiger partial charge on any atom is -0.377 e. The minimum atomic E-state index is -1.19. The molecule has 9 atom stereocenters. The molecule has 5 fully saturated rings. The maximum absolute atomic E-state index is 14.4.